The largest absolute Gasteiger partial charge is 0.405 e. The molecular formula is C9H11N. The fraction of sp³-hybridized carbons (Fsp3) is 0.111. The molecule has 0 saturated heterocycles. The Kier molecular flexibility index (Phi) is 2.56. The molecule has 1 nitrogen and oxygen atoms in total. The minimum absolute atomic E-state index is 0.928. The molecule has 0 saturated carbocycles. The van der Waals surface area contributed by atoms with Crippen LogP contribution in [-0.4, -0.2) is 0 Å². The summed E-state index contributed by atoms with van der Waals surface area (Å²) < 4.78 is 0. The second-order valence-corrected chi connectivity index (χ2v) is 2.12. The molecule has 0 heterocycles. The second-order valence-electron chi connectivity index (χ2n) is 2.12. The number of rotatable bonds is 2. The van der Waals surface area contributed by atoms with Crippen molar-refractivity contribution in [2.45, 2.75) is 6.42 Å². The quantitative estimate of drug-likeness (QED) is 0.653. The van der Waals surface area contributed by atoms with Crippen LogP contribution in [-0.2, 0) is 6.42 Å². The predicted molar refractivity (Wildman–Crippen MR) is 43.5 cm³/mol. The average Bonchev–Trinajstić information content (AvgIpc) is 2.03. The molecule has 52 valence electrons. The van der Waals surface area contributed by atoms with Gasteiger partial charge in [-0.1, -0.05) is 36.4 Å². The molecule has 1 heteroatoms. The Balaban J connectivity index is 2.59. The van der Waals surface area contributed by atoms with Crippen molar-refractivity contribution < 1.29 is 0 Å². The van der Waals surface area contributed by atoms with Crippen LogP contribution in [0.3, 0.4) is 0 Å². The topological polar surface area (TPSA) is 26.0 Å². The lowest BCUT2D eigenvalue weighted by atomic mass is 10.1. The van der Waals surface area contributed by atoms with E-state index in [1.54, 1.807) is 6.20 Å². The summed E-state index contributed by atoms with van der Waals surface area (Å²) in [5.74, 6) is 0. The first kappa shape index (κ1) is 6.87. The minimum atomic E-state index is 0.928. The zero-order chi connectivity index (χ0) is 7.23. The highest BCUT2D eigenvalue weighted by molar-refractivity contribution is 5.17. The fourth-order valence-electron chi connectivity index (χ4n) is 0.818. The molecule has 0 unspecified atom stereocenters. The molecule has 0 aromatic heterocycles. The van der Waals surface area contributed by atoms with E-state index in [0.717, 1.165) is 6.42 Å². The van der Waals surface area contributed by atoms with Crippen molar-refractivity contribution in [1.29, 1.82) is 0 Å². The molecule has 0 aliphatic carbocycles. The van der Waals surface area contributed by atoms with Crippen molar-refractivity contribution in [2.24, 2.45) is 5.73 Å². The summed E-state index contributed by atoms with van der Waals surface area (Å²) in [7, 11) is 0. The van der Waals surface area contributed by atoms with Gasteiger partial charge in [-0.25, -0.2) is 0 Å². The molecule has 1 rings (SSSR count). The summed E-state index contributed by atoms with van der Waals surface area (Å²) in [6.45, 7) is 0. The highest BCUT2D eigenvalue weighted by atomic mass is 14.5. The maximum Gasteiger partial charge on any atom is -0.00803 e. The smallest absolute Gasteiger partial charge is 0.00803 e. The molecule has 0 atom stereocenters. The van der Waals surface area contributed by atoms with Crippen molar-refractivity contribution in [2.75, 3.05) is 0 Å². The zero-order valence-corrected chi connectivity index (χ0v) is 5.83. The van der Waals surface area contributed by atoms with Crippen molar-refractivity contribution in [1.82, 2.24) is 0 Å². The van der Waals surface area contributed by atoms with Crippen LogP contribution >= 0.6 is 0 Å². The van der Waals surface area contributed by atoms with Gasteiger partial charge in [-0.3, -0.25) is 0 Å². The number of hydrogen-bond donors (Lipinski definition) is 1. The Morgan fingerprint density at radius 3 is 2.50 bits per heavy atom. The summed E-state index contributed by atoms with van der Waals surface area (Å²) >= 11 is 0. The summed E-state index contributed by atoms with van der Waals surface area (Å²) in [5, 5.41) is 0. The van der Waals surface area contributed by atoms with Crippen LogP contribution in [0.15, 0.2) is 42.6 Å². The van der Waals surface area contributed by atoms with E-state index >= 15 is 0 Å². The first-order valence-electron chi connectivity index (χ1n) is 3.34. The third-order valence-electron chi connectivity index (χ3n) is 1.33. The lowest BCUT2D eigenvalue weighted by Gasteiger charge is -1.91. The van der Waals surface area contributed by atoms with Crippen LogP contribution in [0.4, 0.5) is 0 Å². The van der Waals surface area contributed by atoms with E-state index < -0.39 is 0 Å². The lowest BCUT2D eigenvalue weighted by Crippen LogP contribution is -1.81. The fourth-order valence-corrected chi connectivity index (χ4v) is 0.818. The molecule has 0 radical (unpaired) electrons. The maximum atomic E-state index is 5.20. The van der Waals surface area contributed by atoms with Gasteiger partial charge in [0.25, 0.3) is 0 Å². The van der Waals surface area contributed by atoms with E-state index in [-0.39, 0.29) is 0 Å². The minimum Gasteiger partial charge on any atom is -0.405 e. The molecule has 2 N–H and O–H groups in total. The van der Waals surface area contributed by atoms with Crippen LogP contribution in [0.2, 0.25) is 0 Å². The highest BCUT2D eigenvalue weighted by Crippen LogP contribution is 1.98. The second kappa shape index (κ2) is 3.72. The van der Waals surface area contributed by atoms with Crippen LogP contribution < -0.4 is 5.73 Å². The Morgan fingerprint density at radius 1 is 1.20 bits per heavy atom. The molecule has 0 amide bonds. The Hall–Kier alpha value is -1.24. The number of benzene rings is 1. The first-order chi connectivity index (χ1) is 4.93. The van der Waals surface area contributed by atoms with Crippen LogP contribution in [0.1, 0.15) is 5.56 Å². The normalized spacial score (nSPS) is 10.4. The van der Waals surface area contributed by atoms with Crippen molar-refractivity contribution >= 4 is 0 Å². The predicted octanol–water partition coefficient (Wildman–Crippen LogP) is 1.70. The maximum absolute atomic E-state index is 5.20. The van der Waals surface area contributed by atoms with Crippen LogP contribution in [0, 0.1) is 0 Å². The van der Waals surface area contributed by atoms with Gasteiger partial charge in [0.2, 0.25) is 0 Å². The molecule has 10 heavy (non-hydrogen) atoms. The number of hydrogen-bond acceptors (Lipinski definition) is 1. The molecule has 0 spiro atoms. The molecular weight excluding hydrogens is 122 g/mol. The van der Waals surface area contributed by atoms with Gasteiger partial charge >= 0.3 is 0 Å². The molecule has 0 aliphatic heterocycles. The molecule has 1 aromatic carbocycles. The SMILES string of the molecule is N/C=C\Cc1ccccc1. The third kappa shape index (κ3) is 1.94. The van der Waals surface area contributed by atoms with E-state index in [1.807, 2.05) is 24.3 Å². The monoisotopic (exact) mass is 133 g/mol. The van der Waals surface area contributed by atoms with Gasteiger partial charge < -0.3 is 5.73 Å². The molecule has 0 fully saturated rings. The van der Waals surface area contributed by atoms with E-state index in [0.29, 0.717) is 0 Å². The Bertz CT molecular complexity index is 201. The van der Waals surface area contributed by atoms with Gasteiger partial charge in [-0.2, -0.15) is 0 Å². The molecule has 0 aliphatic rings. The number of allylic oxidation sites excluding steroid dienone is 1. The summed E-state index contributed by atoms with van der Waals surface area (Å²) in [5.41, 5.74) is 6.49. The van der Waals surface area contributed by atoms with Crippen LogP contribution in [0.5, 0.6) is 0 Å². The van der Waals surface area contributed by atoms with Crippen molar-refractivity contribution in [3.63, 3.8) is 0 Å². The zero-order valence-electron chi connectivity index (χ0n) is 5.83. The van der Waals surface area contributed by atoms with Crippen molar-refractivity contribution in [3.05, 3.63) is 48.2 Å². The average molecular weight is 133 g/mol. The van der Waals surface area contributed by atoms with Gasteiger partial charge in [-0.05, 0) is 18.2 Å². The third-order valence-corrected chi connectivity index (χ3v) is 1.33. The highest BCUT2D eigenvalue weighted by Gasteiger charge is 1.83. The standard InChI is InChI=1S/C9H11N/c10-8-4-7-9-5-2-1-3-6-9/h1-6,8H,7,10H2/b8-4-. The van der Waals surface area contributed by atoms with Gasteiger partial charge in [0, 0.05) is 0 Å². The molecule has 0 bridgehead atoms. The van der Waals surface area contributed by atoms with Gasteiger partial charge in [0.05, 0.1) is 0 Å². The van der Waals surface area contributed by atoms with E-state index in [2.05, 4.69) is 12.1 Å². The van der Waals surface area contributed by atoms with E-state index in [1.165, 1.54) is 5.56 Å². The van der Waals surface area contributed by atoms with Gasteiger partial charge in [0.15, 0.2) is 0 Å². The summed E-state index contributed by atoms with van der Waals surface area (Å²) in [6.07, 6.45) is 4.44. The Labute approximate surface area is 61.2 Å². The van der Waals surface area contributed by atoms with Gasteiger partial charge in [0.1, 0.15) is 0 Å². The van der Waals surface area contributed by atoms with Crippen LogP contribution in [0.25, 0.3) is 0 Å². The number of nitrogens with two attached hydrogens (primary N) is 1. The Morgan fingerprint density at radius 2 is 1.90 bits per heavy atom. The summed E-state index contributed by atoms with van der Waals surface area (Å²) in [4.78, 5) is 0. The molecule has 1 aromatic rings. The van der Waals surface area contributed by atoms with Crippen molar-refractivity contribution in [3.8, 4) is 0 Å². The van der Waals surface area contributed by atoms with Gasteiger partial charge in [-0.15, -0.1) is 0 Å². The summed E-state index contributed by atoms with van der Waals surface area (Å²) in [6, 6.07) is 10.2. The van der Waals surface area contributed by atoms with E-state index in [9.17, 15) is 0 Å². The van der Waals surface area contributed by atoms with E-state index in [4.69, 9.17) is 5.73 Å². The lowest BCUT2D eigenvalue weighted by molar-refractivity contribution is 1.26. The first-order valence-corrected chi connectivity index (χ1v) is 3.34.